The van der Waals surface area contributed by atoms with E-state index in [-0.39, 0.29) is 0 Å². The molecule has 0 saturated heterocycles. The number of rotatable bonds is 13. The summed E-state index contributed by atoms with van der Waals surface area (Å²) in [4.78, 5) is 0. The lowest BCUT2D eigenvalue weighted by molar-refractivity contribution is 0.561. The van der Waals surface area contributed by atoms with Crippen LogP contribution in [0.25, 0.3) is 0 Å². The molecule has 0 rings (SSSR count). The van der Waals surface area contributed by atoms with Crippen LogP contribution in [0.4, 0.5) is 0 Å². The van der Waals surface area contributed by atoms with Crippen molar-refractivity contribution in [1.29, 1.82) is 0 Å². The summed E-state index contributed by atoms with van der Waals surface area (Å²) in [5, 5.41) is 0. The molecule has 0 spiro atoms. The van der Waals surface area contributed by atoms with E-state index >= 15 is 0 Å². The summed E-state index contributed by atoms with van der Waals surface area (Å²) >= 11 is 0. The summed E-state index contributed by atoms with van der Waals surface area (Å²) < 4.78 is 0. The van der Waals surface area contributed by atoms with Gasteiger partial charge in [0.25, 0.3) is 0 Å². The highest BCUT2D eigenvalue weighted by Gasteiger charge is 1.93. The molecular formula is C15H32N. The minimum atomic E-state index is 0.842. The Labute approximate surface area is 103 Å². The molecule has 0 aliphatic rings. The van der Waals surface area contributed by atoms with Gasteiger partial charge in [-0.2, -0.15) is 0 Å². The fourth-order valence-corrected chi connectivity index (χ4v) is 2.01. The molecule has 2 N–H and O–H groups in total. The van der Waals surface area contributed by atoms with E-state index in [9.17, 15) is 0 Å². The zero-order valence-corrected chi connectivity index (χ0v) is 11.3. The lowest BCUT2D eigenvalue weighted by Crippen LogP contribution is -1.97. The topological polar surface area (TPSA) is 26.0 Å². The van der Waals surface area contributed by atoms with Gasteiger partial charge in [-0.1, -0.05) is 71.1 Å². The molecule has 0 aromatic rings. The Kier molecular flexibility index (Phi) is 14.9. The van der Waals surface area contributed by atoms with Crippen LogP contribution in [0, 0.1) is 6.42 Å². The van der Waals surface area contributed by atoms with Crippen molar-refractivity contribution in [1.82, 2.24) is 0 Å². The summed E-state index contributed by atoms with van der Waals surface area (Å²) in [6, 6.07) is 0. The monoisotopic (exact) mass is 226 g/mol. The number of unbranched alkanes of at least 4 members (excludes halogenated alkanes) is 12. The third-order valence-corrected chi connectivity index (χ3v) is 3.12. The molecule has 0 amide bonds. The van der Waals surface area contributed by atoms with E-state index in [2.05, 4.69) is 13.3 Å². The second-order valence-electron chi connectivity index (χ2n) is 4.84. The fraction of sp³-hybridized carbons (Fsp3) is 0.933. The molecule has 1 heteroatoms. The van der Waals surface area contributed by atoms with Crippen LogP contribution in [0.1, 0.15) is 84.0 Å². The van der Waals surface area contributed by atoms with Crippen molar-refractivity contribution in [3.05, 3.63) is 6.42 Å². The SMILES string of the molecule is CCCCCCCCCCC[CH]CCCN. The molecule has 0 fully saturated rings. The lowest BCUT2D eigenvalue weighted by Gasteiger charge is -2.02. The average Bonchev–Trinajstić information content (AvgIpc) is 2.31. The maximum Gasteiger partial charge on any atom is -0.00772 e. The van der Waals surface area contributed by atoms with Crippen molar-refractivity contribution in [3.8, 4) is 0 Å². The number of hydrogen-bond acceptors (Lipinski definition) is 1. The van der Waals surface area contributed by atoms with E-state index in [4.69, 9.17) is 5.73 Å². The molecule has 97 valence electrons. The van der Waals surface area contributed by atoms with E-state index < -0.39 is 0 Å². The maximum absolute atomic E-state index is 5.44. The molecular weight excluding hydrogens is 194 g/mol. The van der Waals surface area contributed by atoms with Gasteiger partial charge in [-0.3, -0.25) is 0 Å². The van der Waals surface area contributed by atoms with Crippen LogP contribution < -0.4 is 5.73 Å². The summed E-state index contributed by atoms with van der Waals surface area (Å²) in [5.74, 6) is 0. The van der Waals surface area contributed by atoms with Crippen molar-refractivity contribution >= 4 is 0 Å². The van der Waals surface area contributed by atoms with Gasteiger partial charge in [0, 0.05) is 0 Å². The van der Waals surface area contributed by atoms with Gasteiger partial charge in [0.1, 0.15) is 0 Å². The smallest absolute Gasteiger partial charge is 0.00772 e. The van der Waals surface area contributed by atoms with Gasteiger partial charge in [0.15, 0.2) is 0 Å². The van der Waals surface area contributed by atoms with Crippen LogP contribution in [0.3, 0.4) is 0 Å². The standard InChI is InChI=1S/C15H32N/c1-2-3-4-5-6-7-8-9-10-11-12-13-14-15-16/h12H,2-11,13-16H2,1H3. The Balaban J connectivity index is 2.83. The van der Waals surface area contributed by atoms with Crippen molar-refractivity contribution in [3.63, 3.8) is 0 Å². The van der Waals surface area contributed by atoms with E-state index in [0.29, 0.717) is 0 Å². The zero-order chi connectivity index (χ0) is 11.9. The number of hydrogen-bond donors (Lipinski definition) is 1. The molecule has 1 nitrogen and oxygen atoms in total. The highest BCUT2D eigenvalue weighted by Crippen LogP contribution is 2.11. The van der Waals surface area contributed by atoms with Crippen molar-refractivity contribution in [2.75, 3.05) is 6.54 Å². The molecule has 0 unspecified atom stereocenters. The first-order valence-corrected chi connectivity index (χ1v) is 7.43. The van der Waals surface area contributed by atoms with Crippen LogP contribution in [0.15, 0.2) is 0 Å². The van der Waals surface area contributed by atoms with Crippen LogP contribution in [0.5, 0.6) is 0 Å². The Bertz CT molecular complexity index is 98.0. The van der Waals surface area contributed by atoms with Gasteiger partial charge in [-0.15, -0.1) is 0 Å². The highest BCUT2D eigenvalue weighted by molar-refractivity contribution is 4.64. The van der Waals surface area contributed by atoms with Gasteiger partial charge in [0.2, 0.25) is 0 Å². The van der Waals surface area contributed by atoms with E-state index in [1.165, 1.54) is 70.6 Å². The Morgan fingerprint density at radius 3 is 1.75 bits per heavy atom. The molecule has 0 heterocycles. The van der Waals surface area contributed by atoms with E-state index in [0.717, 1.165) is 13.0 Å². The molecule has 1 radical (unpaired) electrons. The van der Waals surface area contributed by atoms with Crippen LogP contribution in [0.2, 0.25) is 0 Å². The molecule has 16 heavy (non-hydrogen) atoms. The first-order valence-electron chi connectivity index (χ1n) is 7.43. The molecule has 0 atom stereocenters. The molecule has 0 aromatic heterocycles. The predicted octanol–water partition coefficient (Wildman–Crippen LogP) is 4.85. The van der Waals surface area contributed by atoms with E-state index in [1.54, 1.807) is 0 Å². The first kappa shape index (κ1) is 16.0. The zero-order valence-electron chi connectivity index (χ0n) is 11.3. The van der Waals surface area contributed by atoms with Crippen molar-refractivity contribution in [2.45, 2.75) is 84.0 Å². The Morgan fingerprint density at radius 1 is 0.688 bits per heavy atom. The summed E-state index contributed by atoms with van der Waals surface area (Å²) in [5.41, 5.74) is 5.44. The van der Waals surface area contributed by atoms with Gasteiger partial charge in [0.05, 0.1) is 0 Å². The van der Waals surface area contributed by atoms with E-state index in [1.807, 2.05) is 0 Å². The highest BCUT2D eigenvalue weighted by atomic mass is 14.5. The van der Waals surface area contributed by atoms with Crippen molar-refractivity contribution < 1.29 is 0 Å². The molecule has 0 aliphatic heterocycles. The predicted molar refractivity (Wildman–Crippen MR) is 74.4 cm³/mol. The average molecular weight is 226 g/mol. The normalized spacial score (nSPS) is 10.9. The summed E-state index contributed by atoms with van der Waals surface area (Å²) in [7, 11) is 0. The first-order chi connectivity index (χ1) is 7.91. The van der Waals surface area contributed by atoms with Crippen LogP contribution >= 0.6 is 0 Å². The molecule has 0 bridgehead atoms. The number of nitrogens with two attached hydrogens (primary N) is 1. The fourth-order valence-electron chi connectivity index (χ4n) is 2.01. The second-order valence-corrected chi connectivity index (χ2v) is 4.84. The lowest BCUT2D eigenvalue weighted by atomic mass is 10.0. The largest absolute Gasteiger partial charge is 0.330 e. The molecule has 0 saturated carbocycles. The van der Waals surface area contributed by atoms with Gasteiger partial charge >= 0.3 is 0 Å². The van der Waals surface area contributed by atoms with Crippen molar-refractivity contribution in [2.24, 2.45) is 5.73 Å². The third kappa shape index (κ3) is 14.0. The van der Waals surface area contributed by atoms with Gasteiger partial charge in [-0.05, 0) is 25.8 Å². The summed E-state index contributed by atoms with van der Waals surface area (Å²) in [6.07, 6.45) is 18.9. The maximum atomic E-state index is 5.44. The summed E-state index contributed by atoms with van der Waals surface area (Å²) in [6.45, 7) is 3.12. The van der Waals surface area contributed by atoms with Gasteiger partial charge < -0.3 is 5.73 Å². The second kappa shape index (κ2) is 15.0. The minimum absolute atomic E-state index is 0.842. The van der Waals surface area contributed by atoms with Gasteiger partial charge in [-0.25, -0.2) is 0 Å². The minimum Gasteiger partial charge on any atom is -0.330 e. The molecule has 0 aliphatic carbocycles. The van der Waals surface area contributed by atoms with Crippen LogP contribution in [-0.4, -0.2) is 6.54 Å². The quantitative estimate of drug-likeness (QED) is 0.446. The Hall–Kier alpha value is -0.0400. The third-order valence-electron chi connectivity index (χ3n) is 3.12. The van der Waals surface area contributed by atoms with Crippen LogP contribution in [-0.2, 0) is 0 Å². The Morgan fingerprint density at radius 2 is 1.19 bits per heavy atom. The molecule has 0 aromatic carbocycles.